The van der Waals surface area contributed by atoms with Gasteiger partial charge in [0.15, 0.2) is 0 Å². The first kappa shape index (κ1) is 20.5. The number of morpholine rings is 1. The molecule has 0 saturated carbocycles. The van der Waals surface area contributed by atoms with Crippen molar-refractivity contribution in [1.29, 1.82) is 0 Å². The molecule has 9 nitrogen and oxygen atoms in total. The summed E-state index contributed by atoms with van der Waals surface area (Å²) >= 11 is 0. The molecule has 0 radical (unpaired) electrons. The first-order valence-corrected chi connectivity index (χ1v) is 10.1. The number of urea groups is 1. The van der Waals surface area contributed by atoms with E-state index in [0.29, 0.717) is 32.0 Å². The van der Waals surface area contributed by atoms with Crippen LogP contribution in [0, 0.1) is 0 Å². The number of carbonyl (C=O) groups is 1. The van der Waals surface area contributed by atoms with Gasteiger partial charge in [0.05, 0.1) is 19.8 Å². The SMILES string of the molecule is O=C(NCc1cccnc1N1CCOCC1)Nc1cccc(Cn2cccnc2=O)c1. The molecule has 1 aliphatic rings. The molecule has 9 heteroatoms. The molecular weight excluding hydrogens is 396 g/mol. The summed E-state index contributed by atoms with van der Waals surface area (Å²) in [5.41, 5.74) is 2.16. The first-order valence-electron chi connectivity index (χ1n) is 10.1. The molecule has 31 heavy (non-hydrogen) atoms. The second-order valence-electron chi connectivity index (χ2n) is 7.12. The molecule has 2 amide bonds. The van der Waals surface area contributed by atoms with Gasteiger partial charge in [-0.25, -0.2) is 19.6 Å². The van der Waals surface area contributed by atoms with E-state index >= 15 is 0 Å². The molecular formula is C22H24N6O3. The van der Waals surface area contributed by atoms with Crippen molar-refractivity contribution in [3.8, 4) is 0 Å². The maximum Gasteiger partial charge on any atom is 0.347 e. The molecule has 0 aliphatic carbocycles. The van der Waals surface area contributed by atoms with Crippen molar-refractivity contribution in [2.75, 3.05) is 36.5 Å². The zero-order valence-corrected chi connectivity index (χ0v) is 17.0. The molecule has 2 N–H and O–H groups in total. The van der Waals surface area contributed by atoms with Gasteiger partial charge < -0.3 is 20.3 Å². The Balaban J connectivity index is 1.37. The highest BCUT2D eigenvalue weighted by molar-refractivity contribution is 5.89. The lowest BCUT2D eigenvalue weighted by atomic mass is 10.2. The summed E-state index contributed by atoms with van der Waals surface area (Å²) in [6, 6.07) is 12.6. The Morgan fingerprint density at radius 1 is 1.06 bits per heavy atom. The van der Waals surface area contributed by atoms with E-state index in [0.717, 1.165) is 30.0 Å². The van der Waals surface area contributed by atoms with Crippen LogP contribution in [0.4, 0.5) is 16.3 Å². The number of amides is 2. The average Bonchev–Trinajstić information content (AvgIpc) is 2.80. The minimum atomic E-state index is -0.314. The van der Waals surface area contributed by atoms with Crippen LogP contribution in [-0.2, 0) is 17.8 Å². The van der Waals surface area contributed by atoms with Crippen molar-refractivity contribution < 1.29 is 9.53 Å². The number of aromatic nitrogens is 3. The number of nitrogens with zero attached hydrogens (tertiary/aromatic N) is 4. The van der Waals surface area contributed by atoms with Crippen LogP contribution < -0.4 is 21.2 Å². The number of benzene rings is 1. The van der Waals surface area contributed by atoms with Crippen molar-refractivity contribution in [2.45, 2.75) is 13.1 Å². The summed E-state index contributed by atoms with van der Waals surface area (Å²) in [7, 11) is 0. The number of carbonyl (C=O) groups excluding carboxylic acids is 1. The van der Waals surface area contributed by atoms with Crippen molar-refractivity contribution in [2.24, 2.45) is 0 Å². The number of ether oxygens (including phenoxy) is 1. The molecule has 1 fully saturated rings. The lowest BCUT2D eigenvalue weighted by Crippen LogP contribution is -2.38. The predicted molar refractivity (Wildman–Crippen MR) is 117 cm³/mol. The molecule has 3 heterocycles. The Morgan fingerprint density at radius 3 is 2.74 bits per heavy atom. The molecule has 3 aromatic rings. The third-order valence-electron chi connectivity index (χ3n) is 4.94. The summed E-state index contributed by atoms with van der Waals surface area (Å²) in [5.74, 6) is 0.870. The topological polar surface area (TPSA) is 101 Å². The maximum atomic E-state index is 12.5. The Hall–Kier alpha value is -3.72. The fourth-order valence-corrected chi connectivity index (χ4v) is 3.43. The van der Waals surface area contributed by atoms with E-state index in [4.69, 9.17) is 4.74 Å². The van der Waals surface area contributed by atoms with Gasteiger partial charge in [0.25, 0.3) is 0 Å². The summed E-state index contributed by atoms with van der Waals surface area (Å²) in [4.78, 5) is 34.7. The first-order chi connectivity index (χ1) is 15.2. The van der Waals surface area contributed by atoms with Gasteiger partial charge in [0.2, 0.25) is 0 Å². The second kappa shape index (κ2) is 9.86. The number of pyridine rings is 1. The van der Waals surface area contributed by atoms with E-state index in [1.165, 1.54) is 10.8 Å². The lowest BCUT2D eigenvalue weighted by molar-refractivity contribution is 0.122. The Morgan fingerprint density at radius 2 is 1.90 bits per heavy atom. The fraction of sp³-hybridized carbons (Fsp3) is 0.273. The smallest absolute Gasteiger partial charge is 0.347 e. The van der Waals surface area contributed by atoms with Crippen LogP contribution in [-0.4, -0.2) is 46.9 Å². The minimum absolute atomic E-state index is 0.313. The van der Waals surface area contributed by atoms with Gasteiger partial charge in [-0.1, -0.05) is 18.2 Å². The van der Waals surface area contributed by atoms with Gasteiger partial charge in [-0.3, -0.25) is 4.57 Å². The van der Waals surface area contributed by atoms with Crippen LogP contribution in [0.5, 0.6) is 0 Å². The van der Waals surface area contributed by atoms with Gasteiger partial charge in [-0.2, -0.15) is 0 Å². The van der Waals surface area contributed by atoms with E-state index < -0.39 is 0 Å². The highest BCUT2D eigenvalue weighted by Crippen LogP contribution is 2.18. The Labute approximate surface area is 179 Å². The Bertz CT molecular complexity index is 1090. The quantitative estimate of drug-likeness (QED) is 0.631. The largest absolute Gasteiger partial charge is 0.378 e. The summed E-state index contributed by atoms with van der Waals surface area (Å²) in [5, 5.41) is 5.74. The molecule has 0 unspecified atom stereocenters. The molecule has 0 atom stereocenters. The zero-order valence-electron chi connectivity index (χ0n) is 17.0. The van der Waals surface area contributed by atoms with Crippen molar-refractivity contribution in [1.82, 2.24) is 19.9 Å². The van der Waals surface area contributed by atoms with Crippen LogP contribution in [0.25, 0.3) is 0 Å². The molecule has 1 saturated heterocycles. The molecule has 160 valence electrons. The van der Waals surface area contributed by atoms with E-state index in [1.54, 1.807) is 24.5 Å². The zero-order chi connectivity index (χ0) is 21.5. The lowest BCUT2D eigenvalue weighted by Gasteiger charge is -2.29. The van der Waals surface area contributed by atoms with Crippen LogP contribution in [0.15, 0.2) is 65.8 Å². The minimum Gasteiger partial charge on any atom is -0.378 e. The second-order valence-corrected chi connectivity index (χ2v) is 7.12. The Kier molecular flexibility index (Phi) is 6.53. The maximum absolute atomic E-state index is 12.5. The third kappa shape index (κ3) is 5.46. The van der Waals surface area contributed by atoms with Crippen molar-refractivity contribution in [3.63, 3.8) is 0 Å². The van der Waals surface area contributed by atoms with E-state index in [2.05, 4.69) is 25.5 Å². The van der Waals surface area contributed by atoms with Crippen molar-refractivity contribution >= 4 is 17.5 Å². The number of anilines is 2. The number of rotatable bonds is 6. The van der Waals surface area contributed by atoms with E-state index in [9.17, 15) is 9.59 Å². The molecule has 0 spiro atoms. The van der Waals surface area contributed by atoms with Crippen molar-refractivity contribution in [3.05, 3.63) is 82.7 Å². The summed E-state index contributed by atoms with van der Waals surface area (Å²) < 4.78 is 6.92. The number of hydrogen-bond donors (Lipinski definition) is 2. The van der Waals surface area contributed by atoms with Gasteiger partial charge in [0, 0.05) is 49.5 Å². The molecule has 1 aliphatic heterocycles. The van der Waals surface area contributed by atoms with E-state index in [-0.39, 0.29) is 11.7 Å². The number of hydrogen-bond acceptors (Lipinski definition) is 6. The summed E-state index contributed by atoms with van der Waals surface area (Å²) in [6.07, 6.45) is 4.91. The molecule has 4 rings (SSSR count). The van der Waals surface area contributed by atoms with Gasteiger partial charge >= 0.3 is 11.7 Å². The molecule has 0 bridgehead atoms. The van der Waals surface area contributed by atoms with E-state index in [1.807, 2.05) is 30.3 Å². The normalized spacial score (nSPS) is 13.6. The van der Waals surface area contributed by atoms with Gasteiger partial charge in [0.1, 0.15) is 5.82 Å². The van der Waals surface area contributed by atoms with Crippen LogP contribution in [0.1, 0.15) is 11.1 Å². The molecule has 1 aromatic carbocycles. The highest BCUT2D eigenvalue weighted by Gasteiger charge is 2.16. The van der Waals surface area contributed by atoms with Gasteiger partial charge in [-0.15, -0.1) is 0 Å². The predicted octanol–water partition coefficient (Wildman–Crippen LogP) is 1.84. The molecule has 2 aromatic heterocycles. The monoisotopic (exact) mass is 420 g/mol. The third-order valence-corrected chi connectivity index (χ3v) is 4.94. The standard InChI is InChI=1S/C22H24N6O3/c29-21(25-15-18-5-2-7-23-20(18)27-10-12-31-13-11-27)26-19-6-1-4-17(14-19)16-28-9-3-8-24-22(28)30/h1-9,14H,10-13,15-16H2,(H2,25,26,29). The van der Waals surface area contributed by atoms with Gasteiger partial charge in [-0.05, 0) is 29.8 Å². The highest BCUT2D eigenvalue weighted by atomic mass is 16.5. The fourth-order valence-electron chi connectivity index (χ4n) is 3.43. The number of nitrogens with one attached hydrogen (secondary N) is 2. The average molecular weight is 420 g/mol. The van der Waals surface area contributed by atoms with Crippen LogP contribution >= 0.6 is 0 Å². The van der Waals surface area contributed by atoms with Crippen LogP contribution in [0.3, 0.4) is 0 Å². The van der Waals surface area contributed by atoms with Crippen LogP contribution in [0.2, 0.25) is 0 Å². The summed E-state index contributed by atoms with van der Waals surface area (Å²) in [6.45, 7) is 3.64.